The van der Waals surface area contributed by atoms with E-state index in [2.05, 4.69) is 0 Å². The van der Waals surface area contributed by atoms with E-state index in [1.807, 2.05) is 22.9 Å². The number of aliphatic carboxylic acids is 1. The number of fused-ring (bicyclic) bond motifs is 2. The maximum Gasteiger partial charge on any atom is 0.322 e. The summed E-state index contributed by atoms with van der Waals surface area (Å²) in [5, 5.41) is 9.07. The maximum atomic E-state index is 12.5. The first-order valence-electron chi connectivity index (χ1n) is 7.38. The Labute approximate surface area is 153 Å². The third kappa shape index (κ3) is 3.82. The van der Waals surface area contributed by atoms with Crippen molar-refractivity contribution in [1.82, 2.24) is 4.72 Å². The Morgan fingerprint density at radius 1 is 1.15 bits per heavy atom. The number of sulfonamides is 1. The van der Waals surface area contributed by atoms with Gasteiger partial charge in [-0.05, 0) is 30.3 Å². The van der Waals surface area contributed by atoms with Gasteiger partial charge < -0.3 is 15.6 Å². The van der Waals surface area contributed by atoms with Crippen LogP contribution in [0, 0.1) is 0 Å². The smallest absolute Gasteiger partial charge is 0.322 e. The molecule has 26 heavy (non-hydrogen) atoms. The van der Waals surface area contributed by atoms with Gasteiger partial charge in [-0.2, -0.15) is 4.72 Å². The molecule has 0 spiro atoms. The molecule has 1 heterocycles. The number of nitrogens with two attached hydrogens (primary N) is 1. The molecule has 2 aromatic rings. The second-order valence-corrected chi connectivity index (χ2v) is 8.24. The summed E-state index contributed by atoms with van der Waals surface area (Å²) in [4.78, 5) is 23.4. The molecule has 1 amide bonds. The molecule has 1 atom stereocenters. The number of carboxylic acids is 1. The van der Waals surface area contributed by atoms with E-state index in [1.54, 1.807) is 6.07 Å². The summed E-state index contributed by atoms with van der Waals surface area (Å²) in [5.74, 6) is -1.24. The van der Waals surface area contributed by atoms with Gasteiger partial charge in [-0.15, -0.1) is 0 Å². The molecule has 4 N–H and O–H groups in total. The lowest BCUT2D eigenvalue weighted by molar-refractivity contribution is -0.140. The van der Waals surface area contributed by atoms with Crippen molar-refractivity contribution in [3.63, 3.8) is 0 Å². The summed E-state index contributed by atoms with van der Waals surface area (Å²) in [5.41, 5.74) is 4.97. The summed E-state index contributed by atoms with van der Waals surface area (Å²) in [7, 11) is -4.17. The summed E-state index contributed by atoms with van der Waals surface area (Å²) in [6.07, 6.45) is -0.648. The van der Waals surface area contributed by atoms with Gasteiger partial charge in [0, 0.05) is 0 Å². The van der Waals surface area contributed by atoms with E-state index in [1.165, 1.54) is 30.0 Å². The maximum absolute atomic E-state index is 12.5. The Morgan fingerprint density at radius 3 is 2.54 bits per heavy atom. The van der Waals surface area contributed by atoms with Gasteiger partial charge in [0.05, 0.1) is 21.1 Å². The van der Waals surface area contributed by atoms with Crippen LogP contribution in [0.25, 0.3) is 0 Å². The van der Waals surface area contributed by atoms with E-state index in [-0.39, 0.29) is 4.90 Å². The zero-order valence-corrected chi connectivity index (χ0v) is 14.8. The molecule has 2 aromatic carbocycles. The lowest BCUT2D eigenvalue weighted by Crippen LogP contribution is -2.43. The molecule has 0 fully saturated rings. The minimum atomic E-state index is -4.17. The highest BCUT2D eigenvalue weighted by molar-refractivity contribution is 7.99. The minimum Gasteiger partial charge on any atom is -0.480 e. The van der Waals surface area contributed by atoms with Crippen molar-refractivity contribution in [3.8, 4) is 11.5 Å². The lowest BCUT2D eigenvalue weighted by Gasteiger charge is -2.20. The fourth-order valence-electron chi connectivity index (χ4n) is 2.31. The van der Waals surface area contributed by atoms with Crippen LogP contribution in [-0.4, -0.2) is 31.4 Å². The van der Waals surface area contributed by atoms with Crippen LogP contribution in [0.5, 0.6) is 11.5 Å². The number of amides is 1. The van der Waals surface area contributed by atoms with Crippen molar-refractivity contribution < 1.29 is 27.9 Å². The molecule has 8 nitrogen and oxygen atoms in total. The number of carbonyl (C=O) groups is 2. The number of nitrogens with one attached hydrogen (secondary N) is 1. The van der Waals surface area contributed by atoms with E-state index in [0.717, 1.165) is 4.90 Å². The van der Waals surface area contributed by atoms with Crippen molar-refractivity contribution >= 4 is 33.7 Å². The highest BCUT2D eigenvalue weighted by Crippen LogP contribution is 2.47. The highest BCUT2D eigenvalue weighted by atomic mass is 32.2. The summed E-state index contributed by atoms with van der Waals surface area (Å²) < 4.78 is 32.7. The van der Waals surface area contributed by atoms with Gasteiger partial charge in [0.25, 0.3) is 0 Å². The van der Waals surface area contributed by atoms with E-state index in [0.29, 0.717) is 16.4 Å². The molecule has 3 rings (SSSR count). The van der Waals surface area contributed by atoms with Crippen molar-refractivity contribution in [2.45, 2.75) is 27.1 Å². The first kappa shape index (κ1) is 18.2. The summed E-state index contributed by atoms with van der Waals surface area (Å²) in [6.45, 7) is 0. The fraction of sp³-hybridized carbons (Fsp3) is 0.125. The Kier molecular flexibility index (Phi) is 4.90. The number of carboxylic acid groups (broad SMARTS) is 1. The standard InChI is InChI=1S/C16H14N2O6S2/c17-15(19)8-10(16(20)21)18-26(22,23)9-5-6-12-14(7-9)25-13-4-2-1-3-11(13)24-12/h1-7,10,18H,8H2,(H2,17,19)(H,20,21). The molecular formula is C16H14N2O6S2. The third-order valence-electron chi connectivity index (χ3n) is 3.52. The van der Waals surface area contributed by atoms with Gasteiger partial charge in [-0.25, -0.2) is 8.42 Å². The van der Waals surface area contributed by atoms with Crippen LogP contribution in [0.15, 0.2) is 57.2 Å². The van der Waals surface area contributed by atoms with Crippen molar-refractivity contribution in [2.75, 3.05) is 0 Å². The van der Waals surface area contributed by atoms with Crippen molar-refractivity contribution in [1.29, 1.82) is 0 Å². The van der Waals surface area contributed by atoms with E-state index >= 15 is 0 Å². The zero-order chi connectivity index (χ0) is 18.9. The van der Waals surface area contributed by atoms with E-state index < -0.39 is 34.4 Å². The normalized spacial score (nSPS) is 13.8. The van der Waals surface area contributed by atoms with Crippen molar-refractivity contribution in [2.24, 2.45) is 5.73 Å². The number of primary amides is 1. The first-order valence-corrected chi connectivity index (χ1v) is 9.68. The predicted octanol–water partition coefficient (Wildman–Crippen LogP) is 1.55. The van der Waals surface area contributed by atoms with Gasteiger partial charge in [0.15, 0.2) is 0 Å². The fourth-order valence-corrected chi connectivity index (χ4v) is 4.59. The van der Waals surface area contributed by atoms with Gasteiger partial charge in [0.1, 0.15) is 17.5 Å². The largest absolute Gasteiger partial charge is 0.480 e. The first-order chi connectivity index (χ1) is 12.3. The number of para-hydroxylation sites is 1. The van der Waals surface area contributed by atoms with E-state index in [9.17, 15) is 18.0 Å². The average Bonchev–Trinajstić information content (AvgIpc) is 2.58. The number of hydrogen-bond acceptors (Lipinski definition) is 6. The third-order valence-corrected chi connectivity index (χ3v) is 6.08. The topological polar surface area (TPSA) is 136 Å². The molecule has 0 saturated heterocycles. The second kappa shape index (κ2) is 6.98. The molecule has 1 aliphatic heterocycles. The Balaban J connectivity index is 1.88. The summed E-state index contributed by atoms with van der Waals surface area (Å²) in [6, 6.07) is 9.87. The zero-order valence-electron chi connectivity index (χ0n) is 13.2. The number of benzene rings is 2. The Hall–Kier alpha value is -2.56. The van der Waals surface area contributed by atoms with E-state index in [4.69, 9.17) is 15.6 Å². The van der Waals surface area contributed by atoms with Gasteiger partial charge in [-0.3, -0.25) is 9.59 Å². The molecule has 0 saturated carbocycles. The minimum absolute atomic E-state index is 0.137. The van der Waals surface area contributed by atoms with Crippen LogP contribution >= 0.6 is 11.8 Å². The number of ether oxygens (including phenoxy) is 1. The molecule has 1 unspecified atom stereocenters. The van der Waals surface area contributed by atoms with Crippen LogP contribution < -0.4 is 15.2 Å². The van der Waals surface area contributed by atoms with Crippen LogP contribution in [0.1, 0.15) is 6.42 Å². The monoisotopic (exact) mass is 394 g/mol. The molecule has 1 aliphatic rings. The Bertz CT molecular complexity index is 990. The van der Waals surface area contributed by atoms with Gasteiger partial charge in [0.2, 0.25) is 15.9 Å². The number of hydrogen-bond donors (Lipinski definition) is 3. The molecule has 0 bridgehead atoms. The highest BCUT2D eigenvalue weighted by Gasteiger charge is 2.28. The van der Waals surface area contributed by atoms with Crippen LogP contribution in [0.4, 0.5) is 0 Å². The quantitative estimate of drug-likeness (QED) is 0.577. The van der Waals surface area contributed by atoms with Crippen molar-refractivity contribution in [3.05, 3.63) is 42.5 Å². The Morgan fingerprint density at radius 2 is 1.85 bits per heavy atom. The molecule has 0 radical (unpaired) electrons. The van der Waals surface area contributed by atoms with Crippen LogP contribution in [0.2, 0.25) is 0 Å². The van der Waals surface area contributed by atoms with Crippen LogP contribution in [-0.2, 0) is 19.6 Å². The SMILES string of the molecule is NC(=O)CC(NS(=O)(=O)c1ccc2c(c1)Sc1ccccc1O2)C(=O)O. The van der Waals surface area contributed by atoms with Gasteiger partial charge >= 0.3 is 5.97 Å². The number of rotatable bonds is 6. The molecule has 0 aromatic heterocycles. The van der Waals surface area contributed by atoms with Gasteiger partial charge in [-0.1, -0.05) is 23.9 Å². The lowest BCUT2D eigenvalue weighted by atomic mass is 10.2. The molecule has 0 aliphatic carbocycles. The average molecular weight is 394 g/mol. The predicted molar refractivity (Wildman–Crippen MR) is 92.6 cm³/mol. The molecule has 136 valence electrons. The second-order valence-electron chi connectivity index (χ2n) is 5.44. The molecule has 10 heteroatoms. The number of carbonyl (C=O) groups excluding carboxylic acids is 1. The summed E-state index contributed by atoms with van der Waals surface area (Å²) >= 11 is 1.34. The van der Waals surface area contributed by atoms with Crippen LogP contribution in [0.3, 0.4) is 0 Å². The molecular weight excluding hydrogens is 380 g/mol.